The number of aromatic nitrogens is 2. The predicted octanol–water partition coefficient (Wildman–Crippen LogP) is 3.02. The van der Waals surface area contributed by atoms with Crippen LogP contribution in [-0.4, -0.2) is 29.7 Å². The van der Waals surface area contributed by atoms with E-state index in [4.69, 9.17) is 4.74 Å². The molecule has 3 rings (SSSR count). The van der Waals surface area contributed by atoms with Crippen LogP contribution in [0.3, 0.4) is 0 Å². The monoisotopic (exact) mass is 311 g/mol. The first-order valence-corrected chi connectivity index (χ1v) is 7.42. The molecule has 1 saturated heterocycles. The molecule has 5 heteroatoms. The molecule has 0 aromatic carbocycles. The lowest BCUT2D eigenvalue weighted by atomic mass is 9.85. The molecule has 0 bridgehead atoms. The summed E-state index contributed by atoms with van der Waals surface area (Å²) in [5.41, 5.74) is 0. The van der Waals surface area contributed by atoms with Gasteiger partial charge in [-0.3, -0.25) is 0 Å². The average molecular weight is 312 g/mol. The lowest BCUT2D eigenvalue weighted by Gasteiger charge is -2.31. The SMILES string of the molecule is COc1nc(N2CCC3CCCCC32)ncc1Br. The first-order chi connectivity index (χ1) is 8.79. The Kier molecular flexibility index (Phi) is 3.41. The van der Waals surface area contributed by atoms with Gasteiger partial charge in [-0.15, -0.1) is 0 Å². The molecule has 1 aliphatic heterocycles. The third kappa shape index (κ3) is 2.09. The molecule has 98 valence electrons. The number of rotatable bonds is 2. The number of hydrogen-bond acceptors (Lipinski definition) is 4. The maximum atomic E-state index is 5.26. The molecule has 2 unspecified atom stereocenters. The van der Waals surface area contributed by atoms with E-state index in [1.165, 1.54) is 32.1 Å². The fraction of sp³-hybridized carbons (Fsp3) is 0.692. The minimum atomic E-state index is 0.624. The summed E-state index contributed by atoms with van der Waals surface area (Å²) in [6, 6.07) is 0.643. The average Bonchev–Trinajstić information content (AvgIpc) is 2.83. The molecule has 0 spiro atoms. The van der Waals surface area contributed by atoms with Gasteiger partial charge in [0, 0.05) is 12.6 Å². The molecule has 1 saturated carbocycles. The van der Waals surface area contributed by atoms with Crippen molar-refractivity contribution in [2.24, 2.45) is 5.92 Å². The zero-order chi connectivity index (χ0) is 12.5. The molecule has 2 heterocycles. The Hall–Kier alpha value is -0.840. The molecule has 1 aromatic rings. The molecule has 2 aliphatic rings. The fourth-order valence-electron chi connectivity index (χ4n) is 3.28. The van der Waals surface area contributed by atoms with Gasteiger partial charge in [0.05, 0.1) is 17.8 Å². The van der Waals surface area contributed by atoms with E-state index >= 15 is 0 Å². The third-order valence-corrected chi connectivity index (χ3v) is 4.70. The molecule has 2 fully saturated rings. The van der Waals surface area contributed by atoms with Crippen LogP contribution in [0.5, 0.6) is 5.88 Å². The Bertz CT molecular complexity index is 440. The van der Waals surface area contributed by atoms with Crippen molar-refractivity contribution in [1.82, 2.24) is 9.97 Å². The van der Waals surface area contributed by atoms with Gasteiger partial charge in [0.25, 0.3) is 0 Å². The van der Waals surface area contributed by atoms with E-state index < -0.39 is 0 Å². The molecule has 18 heavy (non-hydrogen) atoms. The van der Waals surface area contributed by atoms with E-state index in [1.54, 1.807) is 13.3 Å². The zero-order valence-electron chi connectivity index (χ0n) is 10.6. The van der Waals surface area contributed by atoms with Gasteiger partial charge in [-0.2, -0.15) is 4.98 Å². The van der Waals surface area contributed by atoms with E-state index in [-0.39, 0.29) is 0 Å². The second-order valence-electron chi connectivity index (χ2n) is 5.12. The van der Waals surface area contributed by atoms with Crippen molar-refractivity contribution in [1.29, 1.82) is 0 Å². The molecule has 0 radical (unpaired) electrons. The minimum absolute atomic E-state index is 0.624. The van der Waals surface area contributed by atoms with Crippen molar-refractivity contribution >= 4 is 21.9 Å². The first kappa shape index (κ1) is 12.2. The van der Waals surface area contributed by atoms with Crippen LogP contribution in [0.1, 0.15) is 32.1 Å². The second kappa shape index (κ2) is 5.03. The molecular weight excluding hydrogens is 294 g/mol. The number of fused-ring (bicyclic) bond motifs is 1. The zero-order valence-corrected chi connectivity index (χ0v) is 12.2. The number of ether oxygens (including phenoxy) is 1. The predicted molar refractivity (Wildman–Crippen MR) is 74.0 cm³/mol. The summed E-state index contributed by atoms with van der Waals surface area (Å²) < 4.78 is 6.07. The Morgan fingerprint density at radius 2 is 2.17 bits per heavy atom. The summed E-state index contributed by atoms with van der Waals surface area (Å²) in [4.78, 5) is 11.3. The first-order valence-electron chi connectivity index (χ1n) is 6.63. The number of hydrogen-bond donors (Lipinski definition) is 0. The van der Waals surface area contributed by atoms with Gasteiger partial charge in [0.15, 0.2) is 0 Å². The number of methoxy groups -OCH3 is 1. The van der Waals surface area contributed by atoms with E-state index in [9.17, 15) is 0 Å². The standard InChI is InChI=1S/C13H18BrN3O/c1-18-12-10(14)8-15-13(16-12)17-7-6-9-4-2-3-5-11(9)17/h8-9,11H,2-7H2,1H3. The second-order valence-corrected chi connectivity index (χ2v) is 5.98. The molecular formula is C13H18BrN3O. The summed E-state index contributed by atoms with van der Waals surface area (Å²) in [5.74, 6) is 2.29. The van der Waals surface area contributed by atoms with E-state index in [0.29, 0.717) is 11.9 Å². The van der Waals surface area contributed by atoms with Crippen LogP contribution in [0.25, 0.3) is 0 Å². The van der Waals surface area contributed by atoms with Crippen molar-refractivity contribution < 1.29 is 4.74 Å². The van der Waals surface area contributed by atoms with Crippen LogP contribution in [0.2, 0.25) is 0 Å². The smallest absolute Gasteiger partial charge is 0.232 e. The molecule has 0 N–H and O–H groups in total. The van der Waals surface area contributed by atoms with Crippen molar-refractivity contribution in [3.05, 3.63) is 10.7 Å². The fourth-order valence-corrected chi connectivity index (χ4v) is 3.63. The number of halogens is 1. The van der Waals surface area contributed by atoms with Crippen molar-refractivity contribution in [2.45, 2.75) is 38.1 Å². The van der Waals surface area contributed by atoms with Gasteiger partial charge in [-0.05, 0) is 41.1 Å². The van der Waals surface area contributed by atoms with Crippen molar-refractivity contribution in [3.8, 4) is 5.88 Å². The number of nitrogens with zero attached hydrogens (tertiary/aromatic N) is 3. The van der Waals surface area contributed by atoms with Crippen LogP contribution in [0, 0.1) is 5.92 Å². The van der Waals surface area contributed by atoms with Crippen LogP contribution < -0.4 is 9.64 Å². The van der Waals surface area contributed by atoms with Crippen molar-refractivity contribution in [3.63, 3.8) is 0 Å². The topological polar surface area (TPSA) is 38.2 Å². The van der Waals surface area contributed by atoms with Gasteiger partial charge >= 0.3 is 0 Å². The van der Waals surface area contributed by atoms with E-state index in [2.05, 4.69) is 30.8 Å². The summed E-state index contributed by atoms with van der Waals surface area (Å²) in [6.07, 6.45) is 8.45. The molecule has 2 atom stereocenters. The normalized spacial score (nSPS) is 27.1. The highest BCUT2D eigenvalue weighted by molar-refractivity contribution is 9.10. The third-order valence-electron chi connectivity index (χ3n) is 4.16. The van der Waals surface area contributed by atoms with Crippen molar-refractivity contribution in [2.75, 3.05) is 18.6 Å². The Morgan fingerprint density at radius 3 is 3.00 bits per heavy atom. The van der Waals surface area contributed by atoms with Gasteiger partial charge in [0.1, 0.15) is 0 Å². The Morgan fingerprint density at radius 1 is 1.33 bits per heavy atom. The molecule has 4 nitrogen and oxygen atoms in total. The Balaban J connectivity index is 1.86. The maximum absolute atomic E-state index is 5.26. The molecule has 0 amide bonds. The maximum Gasteiger partial charge on any atom is 0.232 e. The Labute approximate surface area is 116 Å². The highest BCUT2D eigenvalue weighted by Crippen LogP contribution is 2.38. The van der Waals surface area contributed by atoms with E-state index in [1.807, 2.05) is 0 Å². The van der Waals surface area contributed by atoms with Crippen LogP contribution in [0.15, 0.2) is 10.7 Å². The highest BCUT2D eigenvalue weighted by Gasteiger charge is 2.37. The number of anilines is 1. The quantitative estimate of drug-likeness (QED) is 0.841. The van der Waals surface area contributed by atoms with E-state index in [0.717, 1.165) is 22.9 Å². The summed E-state index contributed by atoms with van der Waals surface area (Å²) in [7, 11) is 1.64. The summed E-state index contributed by atoms with van der Waals surface area (Å²) >= 11 is 3.40. The summed E-state index contributed by atoms with van der Waals surface area (Å²) in [5, 5.41) is 0. The highest BCUT2D eigenvalue weighted by atomic mass is 79.9. The molecule has 1 aromatic heterocycles. The van der Waals surface area contributed by atoms with Crippen LogP contribution >= 0.6 is 15.9 Å². The van der Waals surface area contributed by atoms with Crippen LogP contribution in [-0.2, 0) is 0 Å². The van der Waals surface area contributed by atoms with Gasteiger partial charge in [-0.1, -0.05) is 12.8 Å². The van der Waals surface area contributed by atoms with Crippen LogP contribution in [0.4, 0.5) is 5.95 Å². The lowest BCUT2D eigenvalue weighted by molar-refractivity contribution is 0.339. The van der Waals surface area contributed by atoms with Gasteiger partial charge < -0.3 is 9.64 Å². The lowest BCUT2D eigenvalue weighted by Crippen LogP contribution is -2.35. The largest absolute Gasteiger partial charge is 0.480 e. The van der Waals surface area contributed by atoms with Gasteiger partial charge in [-0.25, -0.2) is 4.98 Å². The minimum Gasteiger partial charge on any atom is -0.480 e. The molecule has 1 aliphatic carbocycles. The summed E-state index contributed by atoms with van der Waals surface area (Å²) in [6.45, 7) is 1.08. The van der Waals surface area contributed by atoms with Gasteiger partial charge in [0.2, 0.25) is 11.8 Å².